The molecule has 102 valence electrons. The van der Waals surface area contributed by atoms with Crippen LogP contribution in [0, 0.1) is 5.92 Å². The Morgan fingerprint density at radius 3 is 2.65 bits per heavy atom. The maximum atomic E-state index is 5.48. The monoisotopic (exact) mass is 266 g/mol. The van der Waals surface area contributed by atoms with Gasteiger partial charge in [-0.1, -0.05) is 35.5 Å². The highest BCUT2D eigenvalue weighted by Gasteiger charge is 2.29. The van der Waals surface area contributed by atoms with Gasteiger partial charge in [-0.3, -0.25) is 4.90 Å². The fraction of sp³-hybridized carbons (Fsp3) is 0.353. The van der Waals surface area contributed by atoms with E-state index in [9.17, 15) is 0 Å². The van der Waals surface area contributed by atoms with E-state index < -0.39 is 0 Å². The van der Waals surface area contributed by atoms with Gasteiger partial charge < -0.3 is 4.52 Å². The predicted molar refractivity (Wildman–Crippen MR) is 79.1 cm³/mol. The summed E-state index contributed by atoms with van der Waals surface area (Å²) < 4.78 is 5.48. The van der Waals surface area contributed by atoms with Gasteiger partial charge in [0.05, 0.1) is 0 Å². The average molecular weight is 266 g/mol. The molecule has 0 atom stereocenters. The molecule has 4 heterocycles. The van der Waals surface area contributed by atoms with Gasteiger partial charge in [0.15, 0.2) is 5.76 Å². The molecule has 3 saturated heterocycles. The largest absolute Gasteiger partial charge is 0.356 e. The summed E-state index contributed by atoms with van der Waals surface area (Å²) in [5.74, 6) is 1.64. The molecule has 1 aromatic carbocycles. The van der Waals surface area contributed by atoms with Crippen molar-refractivity contribution in [2.45, 2.75) is 12.8 Å². The quantitative estimate of drug-likeness (QED) is 0.833. The molecule has 0 spiro atoms. The van der Waals surface area contributed by atoms with E-state index in [1.807, 2.05) is 24.3 Å². The van der Waals surface area contributed by atoms with E-state index in [4.69, 9.17) is 4.52 Å². The lowest BCUT2D eigenvalue weighted by Crippen LogP contribution is -2.42. The highest BCUT2D eigenvalue weighted by Crippen LogP contribution is 2.33. The molecule has 5 rings (SSSR count). The fourth-order valence-electron chi connectivity index (χ4n) is 3.30. The molecule has 3 nitrogen and oxygen atoms in total. The molecule has 0 unspecified atom stereocenters. The normalized spacial score (nSPS) is 27.1. The van der Waals surface area contributed by atoms with E-state index in [1.165, 1.54) is 31.5 Å². The van der Waals surface area contributed by atoms with Gasteiger partial charge in [-0.25, -0.2) is 0 Å². The summed E-state index contributed by atoms with van der Waals surface area (Å²) in [5.41, 5.74) is 3.53. The molecule has 3 aliphatic heterocycles. The SMILES string of the molecule is C(=C1CN2CCC1CC2)c1cc(-c2ccccc2)no1. The van der Waals surface area contributed by atoms with Crippen molar-refractivity contribution in [1.82, 2.24) is 10.1 Å². The van der Waals surface area contributed by atoms with Crippen LogP contribution in [0.1, 0.15) is 18.6 Å². The Bertz CT molecular complexity index is 621. The Morgan fingerprint density at radius 1 is 1.15 bits per heavy atom. The minimum absolute atomic E-state index is 0.755. The molecular weight excluding hydrogens is 248 g/mol. The Balaban J connectivity index is 1.60. The van der Waals surface area contributed by atoms with Gasteiger partial charge in [0.2, 0.25) is 0 Å². The second-order valence-electron chi connectivity index (χ2n) is 5.75. The zero-order valence-electron chi connectivity index (χ0n) is 11.5. The Labute approximate surface area is 118 Å². The van der Waals surface area contributed by atoms with E-state index in [0.717, 1.165) is 29.5 Å². The zero-order chi connectivity index (χ0) is 13.4. The van der Waals surface area contributed by atoms with Crippen LogP contribution in [0.25, 0.3) is 17.3 Å². The van der Waals surface area contributed by atoms with Crippen molar-refractivity contribution >= 4 is 6.08 Å². The number of hydrogen-bond donors (Lipinski definition) is 0. The lowest BCUT2D eigenvalue weighted by atomic mass is 9.83. The van der Waals surface area contributed by atoms with Crippen molar-refractivity contribution < 1.29 is 4.52 Å². The smallest absolute Gasteiger partial charge is 0.160 e. The molecule has 0 saturated carbocycles. The van der Waals surface area contributed by atoms with Crippen molar-refractivity contribution in [3.05, 3.63) is 47.7 Å². The fourth-order valence-corrected chi connectivity index (χ4v) is 3.30. The summed E-state index contributed by atoms with van der Waals surface area (Å²) in [6.45, 7) is 3.62. The summed E-state index contributed by atoms with van der Waals surface area (Å²) in [6, 6.07) is 12.2. The summed E-state index contributed by atoms with van der Waals surface area (Å²) in [7, 11) is 0. The lowest BCUT2D eigenvalue weighted by molar-refractivity contribution is 0.163. The molecule has 0 N–H and O–H groups in total. The van der Waals surface area contributed by atoms with Crippen LogP contribution in [0.5, 0.6) is 0 Å². The minimum Gasteiger partial charge on any atom is -0.356 e. The van der Waals surface area contributed by atoms with Crippen molar-refractivity contribution in [2.24, 2.45) is 5.92 Å². The van der Waals surface area contributed by atoms with Crippen LogP contribution >= 0.6 is 0 Å². The Kier molecular flexibility index (Phi) is 2.92. The second kappa shape index (κ2) is 4.91. The Hall–Kier alpha value is -1.87. The highest BCUT2D eigenvalue weighted by atomic mass is 16.5. The summed E-state index contributed by atoms with van der Waals surface area (Å²) >= 11 is 0. The third-order valence-electron chi connectivity index (χ3n) is 4.44. The van der Waals surface area contributed by atoms with Gasteiger partial charge >= 0.3 is 0 Å². The summed E-state index contributed by atoms with van der Waals surface area (Å²) in [4.78, 5) is 2.53. The molecule has 3 heteroatoms. The van der Waals surface area contributed by atoms with E-state index in [1.54, 1.807) is 0 Å². The molecule has 0 aliphatic carbocycles. The first kappa shape index (κ1) is 11.9. The van der Waals surface area contributed by atoms with Crippen molar-refractivity contribution in [3.8, 4) is 11.3 Å². The van der Waals surface area contributed by atoms with Gasteiger partial charge in [0.1, 0.15) is 5.69 Å². The van der Waals surface area contributed by atoms with Gasteiger partial charge in [-0.15, -0.1) is 0 Å². The highest BCUT2D eigenvalue weighted by molar-refractivity contribution is 5.62. The summed E-state index contributed by atoms with van der Waals surface area (Å²) in [5, 5.41) is 4.18. The lowest BCUT2D eigenvalue weighted by Gasteiger charge is -2.40. The maximum Gasteiger partial charge on any atom is 0.160 e. The van der Waals surface area contributed by atoms with Crippen LogP contribution in [-0.4, -0.2) is 29.7 Å². The zero-order valence-corrected chi connectivity index (χ0v) is 11.5. The standard InChI is InChI=1S/C17H18N2O/c1-2-4-14(5-3-1)17-11-16(20-18-17)10-15-12-19-8-6-13(15)7-9-19/h1-5,10-11,13H,6-9,12H2. The van der Waals surface area contributed by atoms with Gasteiger partial charge in [-0.2, -0.15) is 0 Å². The molecule has 3 aliphatic rings. The molecule has 0 amide bonds. The number of fused-ring (bicyclic) bond motifs is 3. The molecule has 3 fully saturated rings. The predicted octanol–water partition coefficient (Wildman–Crippen LogP) is 3.45. The first-order valence-electron chi connectivity index (χ1n) is 7.33. The first-order valence-corrected chi connectivity index (χ1v) is 7.33. The molecule has 0 radical (unpaired) electrons. The topological polar surface area (TPSA) is 29.3 Å². The second-order valence-corrected chi connectivity index (χ2v) is 5.75. The summed E-state index contributed by atoms with van der Waals surface area (Å²) in [6.07, 6.45) is 4.80. The van der Waals surface area contributed by atoms with Gasteiger partial charge in [0.25, 0.3) is 0 Å². The Morgan fingerprint density at radius 2 is 1.95 bits per heavy atom. The first-order chi connectivity index (χ1) is 9.88. The van der Waals surface area contributed by atoms with Crippen LogP contribution in [0.3, 0.4) is 0 Å². The van der Waals surface area contributed by atoms with Crippen LogP contribution in [0.2, 0.25) is 0 Å². The van der Waals surface area contributed by atoms with E-state index >= 15 is 0 Å². The van der Waals surface area contributed by atoms with Crippen LogP contribution in [-0.2, 0) is 0 Å². The molecule has 2 bridgehead atoms. The number of benzene rings is 1. The number of hydrogen-bond acceptors (Lipinski definition) is 3. The average Bonchev–Trinajstić information content (AvgIpc) is 2.98. The molecule has 1 aromatic heterocycles. The number of aromatic nitrogens is 1. The number of nitrogens with zero attached hydrogens (tertiary/aromatic N) is 2. The molecular formula is C17H18N2O. The van der Waals surface area contributed by atoms with Crippen LogP contribution in [0.4, 0.5) is 0 Å². The van der Waals surface area contributed by atoms with E-state index in [0.29, 0.717) is 0 Å². The number of rotatable bonds is 2. The molecule has 20 heavy (non-hydrogen) atoms. The van der Waals surface area contributed by atoms with E-state index in [2.05, 4.69) is 28.3 Å². The van der Waals surface area contributed by atoms with Crippen molar-refractivity contribution in [1.29, 1.82) is 0 Å². The van der Waals surface area contributed by atoms with Crippen LogP contribution < -0.4 is 0 Å². The third-order valence-corrected chi connectivity index (χ3v) is 4.44. The van der Waals surface area contributed by atoms with Crippen molar-refractivity contribution in [2.75, 3.05) is 19.6 Å². The minimum atomic E-state index is 0.755. The van der Waals surface area contributed by atoms with E-state index in [-0.39, 0.29) is 0 Å². The third kappa shape index (κ3) is 2.18. The number of piperidine rings is 3. The van der Waals surface area contributed by atoms with Gasteiger partial charge in [-0.05, 0) is 43.5 Å². The van der Waals surface area contributed by atoms with Crippen molar-refractivity contribution in [3.63, 3.8) is 0 Å². The maximum absolute atomic E-state index is 5.48. The molecule has 2 aromatic rings. The van der Waals surface area contributed by atoms with Gasteiger partial charge in [0, 0.05) is 18.2 Å². The van der Waals surface area contributed by atoms with Crippen LogP contribution in [0.15, 0.2) is 46.5 Å².